The van der Waals surface area contributed by atoms with Gasteiger partial charge in [0.15, 0.2) is 11.5 Å². The molecule has 2 amide bonds. The van der Waals surface area contributed by atoms with Crippen LogP contribution in [0.2, 0.25) is 0 Å². The zero-order valence-corrected chi connectivity index (χ0v) is 15.0. The highest BCUT2D eigenvalue weighted by Gasteiger charge is 2.17. The predicted molar refractivity (Wildman–Crippen MR) is 95.2 cm³/mol. The van der Waals surface area contributed by atoms with E-state index in [0.717, 1.165) is 25.9 Å². The van der Waals surface area contributed by atoms with Crippen molar-refractivity contribution in [2.45, 2.75) is 32.6 Å². The number of rotatable bonds is 6. The molecule has 1 N–H and O–H groups in total. The lowest BCUT2D eigenvalue weighted by Gasteiger charge is -2.26. The number of methoxy groups -OCH3 is 2. The number of nitrogens with one attached hydrogen (secondary N) is 1. The summed E-state index contributed by atoms with van der Waals surface area (Å²) in [5.74, 6) is 0.703. The van der Waals surface area contributed by atoms with Crippen molar-refractivity contribution >= 4 is 17.5 Å². The fraction of sp³-hybridized carbons (Fsp3) is 0.500. The van der Waals surface area contributed by atoms with Crippen LogP contribution in [0, 0.1) is 0 Å². The van der Waals surface area contributed by atoms with E-state index in [1.54, 1.807) is 25.1 Å². The highest BCUT2D eigenvalue weighted by Crippen LogP contribution is 2.27. The molecular formula is C18H25N3O4. The van der Waals surface area contributed by atoms with Crippen LogP contribution in [0.4, 0.5) is 0 Å². The van der Waals surface area contributed by atoms with Crippen LogP contribution in [-0.2, 0) is 4.79 Å². The average molecular weight is 347 g/mol. The maximum absolute atomic E-state index is 12.2. The van der Waals surface area contributed by atoms with Gasteiger partial charge in [-0.3, -0.25) is 9.59 Å². The van der Waals surface area contributed by atoms with Crippen LogP contribution >= 0.6 is 0 Å². The molecule has 0 aliphatic carbocycles. The van der Waals surface area contributed by atoms with Gasteiger partial charge in [-0.05, 0) is 44.4 Å². The molecule has 0 bridgehead atoms. The summed E-state index contributed by atoms with van der Waals surface area (Å²) >= 11 is 0. The normalized spacial score (nSPS) is 14.8. The number of carbonyl (C=O) groups is 2. The quantitative estimate of drug-likeness (QED) is 0.632. The Morgan fingerprint density at radius 1 is 1.12 bits per heavy atom. The third-order valence-corrected chi connectivity index (χ3v) is 4.11. The van der Waals surface area contributed by atoms with E-state index >= 15 is 0 Å². The molecule has 7 heteroatoms. The molecule has 25 heavy (non-hydrogen) atoms. The minimum Gasteiger partial charge on any atom is -0.493 e. The molecule has 0 unspecified atom stereocenters. The maximum Gasteiger partial charge on any atom is 0.271 e. The summed E-state index contributed by atoms with van der Waals surface area (Å²) in [5.41, 5.74) is 3.45. The molecule has 0 radical (unpaired) electrons. The molecule has 1 aliphatic heterocycles. The Morgan fingerprint density at radius 2 is 1.80 bits per heavy atom. The van der Waals surface area contributed by atoms with Crippen LogP contribution in [-0.4, -0.2) is 49.7 Å². The number of likely N-dealkylation sites (tertiary alicyclic amines) is 1. The van der Waals surface area contributed by atoms with Crippen molar-refractivity contribution in [1.29, 1.82) is 0 Å². The van der Waals surface area contributed by atoms with Crippen molar-refractivity contribution in [1.82, 2.24) is 10.3 Å². The van der Waals surface area contributed by atoms with Crippen molar-refractivity contribution in [3.8, 4) is 11.5 Å². The number of hydrogen-bond acceptors (Lipinski definition) is 5. The standard InChI is InChI=1S/C18H25N3O4/c1-13(11-17(22)21-9-5-4-6-10-21)19-20-18(23)14-7-8-15(24-2)16(12-14)25-3/h7-8,12H,4-6,9-11H2,1-3H3,(H,20,23)/b19-13-. The molecule has 1 aromatic carbocycles. The number of carbonyl (C=O) groups excluding carboxylic acids is 2. The summed E-state index contributed by atoms with van der Waals surface area (Å²) in [7, 11) is 3.04. The van der Waals surface area contributed by atoms with Crippen molar-refractivity contribution < 1.29 is 19.1 Å². The van der Waals surface area contributed by atoms with Crippen LogP contribution in [0.3, 0.4) is 0 Å². The first-order chi connectivity index (χ1) is 12.0. The Balaban J connectivity index is 1.93. The number of benzene rings is 1. The van der Waals surface area contributed by atoms with E-state index in [1.165, 1.54) is 20.6 Å². The molecule has 0 aromatic heterocycles. The van der Waals surface area contributed by atoms with E-state index in [9.17, 15) is 9.59 Å². The van der Waals surface area contributed by atoms with E-state index in [1.807, 2.05) is 4.90 Å². The van der Waals surface area contributed by atoms with Crippen LogP contribution in [0.25, 0.3) is 0 Å². The Labute approximate surface area is 148 Å². The minimum atomic E-state index is -0.370. The second-order valence-corrected chi connectivity index (χ2v) is 5.98. The number of amides is 2. The van der Waals surface area contributed by atoms with Gasteiger partial charge >= 0.3 is 0 Å². The summed E-state index contributed by atoms with van der Waals surface area (Å²) in [6, 6.07) is 4.86. The third-order valence-electron chi connectivity index (χ3n) is 4.11. The zero-order valence-electron chi connectivity index (χ0n) is 15.0. The molecule has 1 saturated heterocycles. The van der Waals surface area contributed by atoms with E-state index in [0.29, 0.717) is 22.8 Å². The van der Waals surface area contributed by atoms with Gasteiger partial charge in [0.05, 0.1) is 20.6 Å². The Kier molecular flexibility index (Phi) is 6.80. The van der Waals surface area contributed by atoms with Crippen LogP contribution in [0.15, 0.2) is 23.3 Å². The van der Waals surface area contributed by atoms with E-state index in [2.05, 4.69) is 10.5 Å². The molecule has 0 saturated carbocycles. The van der Waals surface area contributed by atoms with Gasteiger partial charge in [0.1, 0.15) is 0 Å². The molecule has 7 nitrogen and oxygen atoms in total. The fourth-order valence-corrected chi connectivity index (χ4v) is 2.70. The highest BCUT2D eigenvalue weighted by atomic mass is 16.5. The van der Waals surface area contributed by atoms with Crippen molar-refractivity contribution in [2.24, 2.45) is 5.10 Å². The molecule has 1 fully saturated rings. The summed E-state index contributed by atoms with van der Waals surface area (Å²) in [6.45, 7) is 3.35. The lowest BCUT2D eigenvalue weighted by atomic mass is 10.1. The molecule has 1 aliphatic rings. The van der Waals surface area contributed by atoms with Crippen LogP contribution in [0.5, 0.6) is 11.5 Å². The van der Waals surface area contributed by atoms with E-state index in [4.69, 9.17) is 9.47 Å². The second-order valence-electron chi connectivity index (χ2n) is 5.98. The zero-order chi connectivity index (χ0) is 18.2. The maximum atomic E-state index is 12.2. The highest BCUT2D eigenvalue weighted by molar-refractivity contribution is 6.01. The molecule has 2 rings (SSSR count). The molecule has 136 valence electrons. The molecule has 1 aromatic rings. The third kappa shape index (κ3) is 5.20. The monoisotopic (exact) mass is 347 g/mol. The van der Waals surface area contributed by atoms with Crippen LogP contribution < -0.4 is 14.9 Å². The van der Waals surface area contributed by atoms with Gasteiger partial charge < -0.3 is 14.4 Å². The van der Waals surface area contributed by atoms with E-state index < -0.39 is 0 Å². The average Bonchev–Trinajstić information content (AvgIpc) is 2.66. The van der Waals surface area contributed by atoms with Crippen molar-refractivity contribution in [3.63, 3.8) is 0 Å². The first kappa shape index (κ1) is 18.8. The van der Waals surface area contributed by atoms with Gasteiger partial charge in [0.2, 0.25) is 5.91 Å². The van der Waals surface area contributed by atoms with Gasteiger partial charge in [0, 0.05) is 24.4 Å². The fourth-order valence-electron chi connectivity index (χ4n) is 2.70. The number of piperidine rings is 1. The van der Waals surface area contributed by atoms with Gasteiger partial charge in [-0.1, -0.05) is 0 Å². The lowest BCUT2D eigenvalue weighted by Crippen LogP contribution is -2.36. The van der Waals surface area contributed by atoms with Crippen molar-refractivity contribution in [3.05, 3.63) is 23.8 Å². The Morgan fingerprint density at radius 3 is 2.44 bits per heavy atom. The minimum absolute atomic E-state index is 0.0568. The number of hydrazone groups is 1. The SMILES string of the molecule is COc1ccc(C(=O)N/N=C(/C)CC(=O)N2CCCCC2)cc1OC. The van der Waals surface area contributed by atoms with Crippen LogP contribution in [0.1, 0.15) is 43.0 Å². The Hall–Kier alpha value is -2.57. The largest absolute Gasteiger partial charge is 0.493 e. The van der Waals surface area contributed by atoms with Crippen molar-refractivity contribution in [2.75, 3.05) is 27.3 Å². The summed E-state index contributed by atoms with van der Waals surface area (Å²) < 4.78 is 10.3. The Bertz CT molecular complexity index is 652. The second kappa shape index (κ2) is 9.05. The molecule has 0 spiro atoms. The summed E-state index contributed by atoms with van der Waals surface area (Å²) in [6.07, 6.45) is 3.50. The van der Waals surface area contributed by atoms with Gasteiger partial charge in [0.25, 0.3) is 5.91 Å². The molecule has 1 heterocycles. The number of ether oxygens (including phenoxy) is 2. The summed E-state index contributed by atoms with van der Waals surface area (Å²) in [5, 5.41) is 4.03. The summed E-state index contributed by atoms with van der Waals surface area (Å²) in [4.78, 5) is 26.2. The topological polar surface area (TPSA) is 80.2 Å². The first-order valence-corrected chi connectivity index (χ1v) is 8.38. The number of nitrogens with zero attached hydrogens (tertiary/aromatic N) is 2. The lowest BCUT2D eigenvalue weighted by molar-refractivity contribution is -0.130. The predicted octanol–water partition coefficient (Wildman–Crippen LogP) is 2.21. The first-order valence-electron chi connectivity index (χ1n) is 8.38. The van der Waals surface area contributed by atoms with Gasteiger partial charge in [-0.15, -0.1) is 0 Å². The smallest absolute Gasteiger partial charge is 0.271 e. The number of hydrogen-bond donors (Lipinski definition) is 1. The van der Waals surface area contributed by atoms with E-state index in [-0.39, 0.29) is 18.2 Å². The van der Waals surface area contributed by atoms with Gasteiger partial charge in [-0.2, -0.15) is 5.10 Å². The van der Waals surface area contributed by atoms with Gasteiger partial charge in [-0.25, -0.2) is 5.43 Å². The molecular weight excluding hydrogens is 322 g/mol. The molecule has 0 atom stereocenters.